The van der Waals surface area contributed by atoms with E-state index in [0.717, 1.165) is 37.4 Å². The van der Waals surface area contributed by atoms with Crippen LogP contribution in [0.5, 0.6) is 0 Å². The number of rotatable bonds is 4. The van der Waals surface area contributed by atoms with Crippen molar-refractivity contribution in [2.75, 3.05) is 7.11 Å². The summed E-state index contributed by atoms with van der Waals surface area (Å²) in [5.41, 5.74) is -1.43. The molecule has 11 heteroatoms. The van der Waals surface area contributed by atoms with Gasteiger partial charge in [0.15, 0.2) is 0 Å². The second-order valence-corrected chi connectivity index (χ2v) is 7.42. The maximum absolute atomic E-state index is 13.1. The molecule has 0 aromatic heterocycles. The summed E-state index contributed by atoms with van der Waals surface area (Å²) < 4.78 is 69.9. The van der Waals surface area contributed by atoms with Gasteiger partial charge in [0, 0.05) is 12.1 Å². The first kappa shape index (κ1) is 18.6. The summed E-state index contributed by atoms with van der Waals surface area (Å²) in [7, 11) is -9.16. The van der Waals surface area contributed by atoms with Crippen LogP contribution in [0.2, 0.25) is 0 Å². The highest BCUT2D eigenvalue weighted by atomic mass is 32.5. The SMILES string of the molecule is COC(=O)c1cc(-c2ccc([N+](=O)[O-])cc2)cc(S(F)(F)(F)(F)F)c1. The largest absolute Gasteiger partial charge is 0.465 e. The maximum atomic E-state index is 13.1. The number of halogens is 5. The molecule has 0 N–H and O–H groups in total. The molecule has 0 spiro atoms. The quantitative estimate of drug-likeness (QED) is 0.294. The van der Waals surface area contributed by atoms with Crippen LogP contribution in [0.1, 0.15) is 10.4 Å². The fourth-order valence-corrected chi connectivity index (χ4v) is 2.70. The van der Waals surface area contributed by atoms with Crippen LogP contribution in [-0.4, -0.2) is 18.0 Å². The Morgan fingerprint density at radius 1 is 1.00 bits per heavy atom. The summed E-state index contributed by atoms with van der Waals surface area (Å²) in [6, 6.07) is 5.31. The number of nitro groups is 1. The molecule has 2 rings (SSSR count). The monoisotopic (exact) mass is 383 g/mol. The molecular weight excluding hydrogens is 373 g/mol. The molecule has 0 atom stereocenters. The molecule has 0 fully saturated rings. The molecule has 2 aromatic carbocycles. The Kier molecular flexibility index (Phi) is 3.84. The van der Waals surface area contributed by atoms with Crippen LogP contribution in [0.4, 0.5) is 25.1 Å². The molecule has 0 amide bonds. The lowest BCUT2D eigenvalue weighted by Gasteiger charge is -2.40. The van der Waals surface area contributed by atoms with Crippen molar-refractivity contribution in [2.24, 2.45) is 0 Å². The lowest BCUT2D eigenvalue weighted by atomic mass is 10.0. The van der Waals surface area contributed by atoms with Gasteiger partial charge in [-0.1, -0.05) is 19.4 Å². The van der Waals surface area contributed by atoms with Gasteiger partial charge in [0.2, 0.25) is 0 Å². The summed E-state index contributed by atoms with van der Waals surface area (Å²) in [5.74, 6) is -1.23. The minimum atomic E-state index is -10.1. The first-order valence-corrected chi connectivity index (χ1v) is 8.39. The summed E-state index contributed by atoms with van der Waals surface area (Å²) in [6.45, 7) is 0. The molecule has 5 nitrogen and oxygen atoms in total. The normalized spacial score (nSPS) is 14.3. The van der Waals surface area contributed by atoms with Crippen LogP contribution in [0, 0.1) is 10.1 Å². The number of methoxy groups -OCH3 is 1. The Bertz CT molecular complexity index is 866. The van der Waals surface area contributed by atoms with Crippen LogP contribution in [0.3, 0.4) is 0 Å². The van der Waals surface area contributed by atoms with Gasteiger partial charge in [-0.2, -0.15) is 0 Å². The van der Waals surface area contributed by atoms with Gasteiger partial charge in [-0.05, 0) is 41.5 Å². The summed E-state index contributed by atoms with van der Waals surface area (Å²) in [6.07, 6.45) is 0. The minimum absolute atomic E-state index is 0.0144. The molecule has 0 saturated heterocycles. The van der Waals surface area contributed by atoms with Crippen molar-refractivity contribution < 1.29 is 33.9 Å². The van der Waals surface area contributed by atoms with Crippen molar-refractivity contribution in [1.29, 1.82) is 0 Å². The predicted octanol–water partition coefficient (Wildman–Crippen LogP) is 5.71. The average Bonchev–Trinajstić information content (AvgIpc) is 2.51. The molecule has 0 aliphatic heterocycles. The van der Waals surface area contributed by atoms with E-state index in [9.17, 15) is 34.3 Å². The average molecular weight is 383 g/mol. The van der Waals surface area contributed by atoms with Crippen molar-refractivity contribution in [1.82, 2.24) is 0 Å². The van der Waals surface area contributed by atoms with Gasteiger partial charge in [-0.3, -0.25) is 10.1 Å². The highest BCUT2D eigenvalue weighted by Gasteiger charge is 2.65. The zero-order valence-electron chi connectivity index (χ0n) is 12.4. The number of hydrogen-bond acceptors (Lipinski definition) is 4. The number of carbonyl (C=O) groups excluding carboxylic acids is 1. The second kappa shape index (κ2) is 5.15. The van der Waals surface area contributed by atoms with Gasteiger partial charge < -0.3 is 4.74 Å². The van der Waals surface area contributed by atoms with E-state index >= 15 is 0 Å². The molecule has 0 saturated carbocycles. The number of hydrogen-bond donors (Lipinski definition) is 0. The van der Waals surface area contributed by atoms with Gasteiger partial charge in [0.1, 0.15) is 4.90 Å². The zero-order chi connectivity index (χ0) is 19.1. The van der Waals surface area contributed by atoms with Gasteiger partial charge in [-0.15, -0.1) is 0 Å². The smallest absolute Gasteiger partial charge is 0.337 e. The fraction of sp³-hybridized carbons (Fsp3) is 0.0714. The first-order valence-electron chi connectivity index (χ1n) is 6.43. The van der Waals surface area contributed by atoms with Crippen LogP contribution >= 0.6 is 10.2 Å². The van der Waals surface area contributed by atoms with E-state index in [2.05, 4.69) is 4.74 Å². The van der Waals surface area contributed by atoms with E-state index in [1.165, 1.54) is 0 Å². The number of nitrogens with zero attached hydrogens (tertiary/aromatic N) is 1. The Balaban J connectivity index is 2.70. The lowest BCUT2D eigenvalue weighted by molar-refractivity contribution is -0.384. The summed E-state index contributed by atoms with van der Waals surface area (Å²) >= 11 is 0. The van der Waals surface area contributed by atoms with E-state index in [1.807, 2.05) is 0 Å². The van der Waals surface area contributed by atoms with E-state index < -0.39 is 31.6 Å². The number of esters is 1. The molecule has 0 heterocycles. The van der Waals surface area contributed by atoms with Gasteiger partial charge in [0.25, 0.3) is 5.69 Å². The Hall–Kier alpha value is -2.69. The van der Waals surface area contributed by atoms with E-state index in [0.29, 0.717) is 0 Å². The topological polar surface area (TPSA) is 69.4 Å². The zero-order valence-corrected chi connectivity index (χ0v) is 13.2. The Morgan fingerprint density at radius 3 is 2.00 bits per heavy atom. The summed E-state index contributed by atoms with van der Waals surface area (Å²) in [4.78, 5) is 19.1. The van der Waals surface area contributed by atoms with Crippen molar-refractivity contribution in [2.45, 2.75) is 4.90 Å². The molecule has 0 aliphatic carbocycles. The number of benzene rings is 2. The third kappa shape index (κ3) is 4.24. The molecule has 136 valence electrons. The van der Waals surface area contributed by atoms with E-state index in [-0.39, 0.29) is 28.9 Å². The third-order valence-corrected chi connectivity index (χ3v) is 4.31. The van der Waals surface area contributed by atoms with Gasteiger partial charge in [0.05, 0.1) is 17.6 Å². The molecule has 0 aliphatic rings. The molecular formula is C14H10F5NO4S. The second-order valence-electron chi connectivity index (χ2n) is 5.01. The standard InChI is InChI=1S/C14H10F5NO4S/c1-24-14(21)11-6-10(7-13(8-11)25(15,16,17,18)19)9-2-4-12(5-3-9)20(22)23/h2-8H,1H3. The number of non-ortho nitro benzene ring substituents is 1. The van der Waals surface area contributed by atoms with Gasteiger partial charge >= 0.3 is 16.2 Å². The maximum Gasteiger partial charge on any atom is 0.337 e. The third-order valence-electron chi connectivity index (χ3n) is 3.18. The number of carbonyl (C=O) groups is 1. The number of nitro benzene ring substituents is 1. The van der Waals surface area contributed by atoms with E-state index in [1.54, 1.807) is 0 Å². The highest BCUT2D eigenvalue weighted by molar-refractivity contribution is 8.45. The first-order chi connectivity index (χ1) is 11.2. The van der Waals surface area contributed by atoms with Crippen LogP contribution in [0.25, 0.3) is 11.1 Å². The Labute approximate surface area is 137 Å². The van der Waals surface area contributed by atoms with Crippen LogP contribution < -0.4 is 0 Å². The summed E-state index contributed by atoms with van der Waals surface area (Å²) in [5, 5.41) is 10.6. The van der Waals surface area contributed by atoms with Crippen LogP contribution in [0.15, 0.2) is 47.4 Å². The molecule has 25 heavy (non-hydrogen) atoms. The van der Waals surface area contributed by atoms with Crippen molar-refractivity contribution in [3.05, 3.63) is 58.1 Å². The fourth-order valence-electron chi connectivity index (χ4n) is 2.00. The molecule has 0 radical (unpaired) electrons. The highest BCUT2D eigenvalue weighted by Crippen LogP contribution is 3.02. The predicted molar refractivity (Wildman–Crippen MR) is 81.3 cm³/mol. The van der Waals surface area contributed by atoms with Crippen molar-refractivity contribution >= 4 is 21.9 Å². The number of ether oxygens (including phenoxy) is 1. The molecule has 0 bridgehead atoms. The Morgan fingerprint density at radius 2 is 1.56 bits per heavy atom. The minimum Gasteiger partial charge on any atom is -0.465 e. The van der Waals surface area contributed by atoms with Gasteiger partial charge in [-0.25, -0.2) is 4.79 Å². The van der Waals surface area contributed by atoms with Crippen LogP contribution in [-0.2, 0) is 4.74 Å². The molecule has 0 unspecified atom stereocenters. The van der Waals surface area contributed by atoms with E-state index in [4.69, 9.17) is 0 Å². The van der Waals surface area contributed by atoms with Crippen molar-refractivity contribution in [3.8, 4) is 11.1 Å². The lowest BCUT2D eigenvalue weighted by Crippen LogP contribution is -2.09. The van der Waals surface area contributed by atoms with Crippen molar-refractivity contribution in [3.63, 3.8) is 0 Å². The molecule has 2 aromatic rings.